The van der Waals surface area contributed by atoms with Crippen molar-refractivity contribution in [3.8, 4) is 0 Å². The van der Waals surface area contributed by atoms with Crippen LogP contribution in [0.4, 0.5) is 5.69 Å². The van der Waals surface area contributed by atoms with Gasteiger partial charge in [-0.05, 0) is 54.7 Å². The van der Waals surface area contributed by atoms with Crippen molar-refractivity contribution in [3.05, 3.63) is 64.7 Å². The van der Waals surface area contributed by atoms with Crippen LogP contribution in [-0.2, 0) is 22.4 Å². The number of anilines is 1. The first-order valence-corrected chi connectivity index (χ1v) is 8.63. The predicted molar refractivity (Wildman–Crippen MR) is 101 cm³/mol. The van der Waals surface area contributed by atoms with Crippen molar-refractivity contribution in [2.24, 2.45) is 5.73 Å². The summed E-state index contributed by atoms with van der Waals surface area (Å²) in [6, 6.07) is 12.3. The van der Waals surface area contributed by atoms with E-state index in [-0.39, 0.29) is 24.5 Å². The van der Waals surface area contributed by atoms with Crippen molar-refractivity contribution < 1.29 is 19.4 Å². The third kappa shape index (κ3) is 4.71. The standard InChI is InChI=1S/C20H21N3O4/c21-19(22)12-1-3-13(4-2-12)20(26)23-16-7-5-15-10-17(27-11-18(24)25)8-6-14(15)9-16/h1-5,7,9,17H,6,8,10-11H2,(H3,21,22)(H,23,26)(H,24,25). The molecule has 3 rings (SSSR count). The summed E-state index contributed by atoms with van der Waals surface area (Å²) in [4.78, 5) is 23.0. The minimum Gasteiger partial charge on any atom is -0.480 e. The lowest BCUT2D eigenvalue weighted by molar-refractivity contribution is -0.144. The molecule has 7 nitrogen and oxygen atoms in total. The average Bonchev–Trinajstić information content (AvgIpc) is 2.66. The molecule has 0 aromatic heterocycles. The topological polar surface area (TPSA) is 126 Å². The van der Waals surface area contributed by atoms with E-state index in [4.69, 9.17) is 21.0 Å². The number of ether oxygens (including phenoxy) is 1. The number of nitrogens with two attached hydrogens (primary N) is 1. The number of carboxylic acids is 1. The molecule has 1 unspecified atom stereocenters. The van der Waals surface area contributed by atoms with Crippen molar-refractivity contribution in [1.29, 1.82) is 5.41 Å². The number of fused-ring (bicyclic) bond motifs is 1. The Hall–Kier alpha value is -3.19. The third-order valence-corrected chi connectivity index (χ3v) is 4.55. The normalized spacial score (nSPS) is 15.6. The summed E-state index contributed by atoms with van der Waals surface area (Å²) in [5.74, 6) is -1.24. The van der Waals surface area contributed by atoms with Crippen LogP contribution in [0.15, 0.2) is 42.5 Å². The van der Waals surface area contributed by atoms with Crippen molar-refractivity contribution in [2.45, 2.75) is 25.4 Å². The number of hydrogen-bond donors (Lipinski definition) is 4. The molecular weight excluding hydrogens is 346 g/mol. The van der Waals surface area contributed by atoms with Gasteiger partial charge in [0.05, 0.1) is 6.10 Å². The van der Waals surface area contributed by atoms with E-state index < -0.39 is 5.97 Å². The Balaban J connectivity index is 1.64. The number of nitrogen functional groups attached to an aromatic ring is 1. The Morgan fingerprint density at radius 1 is 1.15 bits per heavy atom. The van der Waals surface area contributed by atoms with Gasteiger partial charge in [0.2, 0.25) is 0 Å². The number of rotatable bonds is 6. The van der Waals surface area contributed by atoms with E-state index in [9.17, 15) is 9.59 Å². The van der Waals surface area contributed by atoms with Crippen LogP contribution >= 0.6 is 0 Å². The van der Waals surface area contributed by atoms with Gasteiger partial charge in [-0.2, -0.15) is 0 Å². The number of amides is 1. The van der Waals surface area contributed by atoms with E-state index in [0.717, 1.165) is 24.0 Å². The van der Waals surface area contributed by atoms with Gasteiger partial charge in [0, 0.05) is 16.8 Å². The average molecular weight is 367 g/mol. The van der Waals surface area contributed by atoms with E-state index in [0.29, 0.717) is 23.2 Å². The summed E-state index contributed by atoms with van der Waals surface area (Å²) >= 11 is 0. The van der Waals surface area contributed by atoms with Crippen LogP contribution in [0.25, 0.3) is 0 Å². The smallest absolute Gasteiger partial charge is 0.329 e. The van der Waals surface area contributed by atoms with Gasteiger partial charge in [-0.3, -0.25) is 10.2 Å². The van der Waals surface area contributed by atoms with Crippen molar-refractivity contribution >= 4 is 23.4 Å². The number of carbonyl (C=O) groups excluding carboxylic acids is 1. The minimum absolute atomic E-state index is 0.0396. The molecule has 140 valence electrons. The van der Waals surface area contributed by atoms with Gasteiger partial charge in [0.1, 0.15) is 12.4 Å². The van der Waals surface area contributed by atoms with Gasteiger partial charge in [0.25, 0.3) is 5.91 Å². The van der Waals surface area contributed by atoms with Gasteiger partial charge in [-0.15, -0.1) is 0 Å². The van der Waals surface area contributed by atoms with E-state index in [1.165, 1.54) is 0 Å². The van der Waals surface area contributed by atoms with Crippen LogP contribution in [0, 0.1) is 5.41 Å². The van der Waals surface area contributed by atoms with Crippen LogP contribution in [0.3, 0.4) is 0 Å². The van der Waals surface area contributed by atoms with Gasteiger partial charge >= 0.3 is 5.97 Å². The summed E-state index contributed by atoms with van der Waals surface area (Å²) in [7, 11) is 0. The predicted octanol–water partition coefficient (Wildman–Crippen LogP) is 2.18. The maximum atomic E-state index is 12.4. The number of carbonyl (C=O) groups is 2. The van der Waals surface area contributed by atoms with Gasteiger partial charge in [-0.1, -0.05) is 18.2 Å². The van der Waals surface area contributed by atoms with Crippen LogP contribution in [-0.4, -0.2) is 35.5 Å². The lowest BCUT2D eigenvalue weighted by atomic mass is 9.89. The van der Waals surface area contributed by atoms with Gasteiger partial charge in [0.15, 0.2) is 0 Å². The van der Waals surface area contributed by atoms with Crippen LogP contribution < -0.4 is 11.1 Å². The molecule has 1 atom stereocenters. The minimum atomic E-state index is -0.963. The third-order valence-electron chi connectivity index (χ3n) is 4.55. The van der Waals surface area contributed by atoms with Gasteiger partial charge in [-0.25, -0.2) is 4.79 Å². The Kier molecular flexibility index (Phi) is 5.52. The largest absolute Gasteiger partial charge is 0.480 e. The fourth-order valence-electron chi connectivity index (χ4n) is 3.14. The molecule has 0 saturated heterocycles. The molecule has 1 aliphatic rings. The molecule has 1 aliphatic carbocycles. The summed E-state index contributed by atoms with van der Waals surface area (Å²) < 4.78 is 5.39. The molecule has 0 radical (unpaired) electrons. The highest BCUT2D eigenvalue weighted by molar-refractivity contribution is 6.05. The number of benzene rings is 2. The molecule has 1 amide bonds. The zero-order valence-corrected chi connectivity index (χ0v) is 14.7. The Morgan fingerprint density at radius 2 is 1.85 bits per heavy atom. The molecule has 0 spiro atoms. The SMILES string of the molecule is N=C(N)c1ccc(C(=O)Nc2ccc3c(c2)CCC(OCC(=O)O)C3)cc1. The number of aryl methyl sites for hydroxylation is 1. The van der Waals surface area contributed by atoms with Crippen molar-refractivity contribution in [3.63, 3.8) is 0 Å². The quantitative estimate of drug-likeness (QED) is 0.460. The first kappa shape index (κ1) is 18.6. The molecule has 0 heterocycles. The number of nitrogens with one attached hydrogen (secondary N) is 2. The van der Waals surface area contributed by atoms with Crippen molar-refractivity contribution in [2.75, 3.05) is 11.9 Å². The second kappa shape index (κ2) is 8.01. The van der Waals surface area contributed by atoms with E-state index in [1.54, 1.807) is 24.3 Å². The molecule has 2 aromatic rings. The number of carboxylic acid groups (broad SMARTS) is 1. The lowest BCUT2D eigenvalue weighted by Crippen LogP contribution is -2.25. The Morgan fingerprint density at radius 3 is 2.52 bits per heavy atom. The first-order chi connectivity index (χ1) is 12.9. The van der Waals surface area contributed by atoms with E-state index >= 15 is 0 Å². The molecule has 0 aliphatic heterocycles. The summed E-state index contributed by atoms with van der Waals surface area (Å²) in [5, 5.41) is 19.0. The van der Waals surface area contributed by atoms with E-state index in [1.807, 2.05) is 18.2 Å². The molecule has 2 aromatic carbocycles. The molecule has 27 heavy (non-hydrogen) atoms. The monoisotopic (exact) mass is 367 g/mol. The van der Waals surface area contributed by atoms with E-state index in [2.05, 4.69) is 5.32 Å². The van der Waals surface area contributed by atoms with Crippen LogP contribution in [0.1, 0.15) is 33.5 Å². The zero-order valence-electron chi connectivity index (χ0n) is 14.7. The number of hydrogen-bond acceptors (Lipinski definition) is 4. The highest BCUT2D eigenvalue weighted by Gasteiger charge is 2.20. The lowest BCUT2D eigenvalue weighted by Gasteiger charge is -2.24. The fraction of sp³-hybridized carbons (Fsp3) is 0.250. The van der Waals surface area contributed by atoms with Crippen LogP contribution in [0.2, 0.25) is 0 Å². The highest BCUT2D eigenvalue weighted by atomic mass is 16.5. The van der Waals surface area contributed by atoms with Gasteiger partial charge < -0.3 is 20.9 Å². The summed E-state index contributed by atoms with van der Waals surface area (Å²) in [6.45, 7) is -0.281. The first-order valence-electron chi connectivity index (χ1n) is 8.63. The molecule has 7 heteroatoms. The number of aliphatic carboxylic acids is 1. The van der Waals surface area contributed by atoms with Crippen molar-refractivity contribution in [1.82, 2.24) is 0 Å². The summed E-state index contributed by atoms with van der Waals surface area (Å²) in [6.07, 6.45) is 2.11. The second-order valence-corrected chi connectivity index (χ2v) is 6.50. The highest BCUT2D eigenvalue weighted by Crippen LogP contribution is 2.26. The second-order valence-electron chi connectivity index (χ2n) is 6.50. The van der Waals surface area contributed by atoms with Crippen LogP contribution in [0.5, 0.6) is 0 Å². The molecular formula is C20H21N3O4. The maximum Gasteiger partial charge on any atom is 0.329 e. The molecule has 5 N–H and O–H groups in total. The fourth-order valence-corrected chi connectivity index (χ4v) is 3.14. The summed E-state index contributed by atoms with van der Waals surface area (Å²) in [5.41, 5.74) is 9.43. The zero-order chi connectivity index (χ0) is 19.4. The maximum absolute atomic E-state index is 12.4. The Bertz CT molecular complexity index is 877. The number of amidine groups is 1. The molecule has 0 saturated carbocycles. The molecule has 0 bridgehead atoms. The molecule has 0 fully saturated rings. The Labute approximate surface area is 156 Å².